The summed E-state index contributed by atoms with van der Waals surface area (Å²) in [4.78, 5) is 14.5. The number of aryl methyl sites for hydroxylation is 1. The maximum absolute atomic E-state index is 10.9. The molecule has 1 atom stereocenters. The number of nitro groups is 1. The van der Waals surface area contributed by atoms with Crippen LogP contribution in [0, 0.1) is 23.0 Å². The first-order chi connectivity index (χ1) is 7.56. The largest absolute Gasteiger partial charge is 0.364 e. The average molecular weight is 223 g/mol. The lowest BCUT2D eigenvalue weighted by Gasteiger charge is -2.11. The Kier molecular flexibility index (Phi) is 4.22. The standard InChI is InChI=1S/C11H17N3O2/c1-4-8(2)7-13-11-10(14(15)16)9(3)5-6-12-11/h5-6,8H,4,7H2,1-3H3,(H,12,13). The molecule has 1 unspecified atom stereocenters. The highest BCUT2D eigenvalue weighted by molar-refractivity contribution is 5.59. The summed E-state index contributed by atoms with van der Waals surface area (Å²) in [5.41, 5.74) is 0.706. The minimum atomic E-state index is -0.388. The molecule has 0 aliphatic rings. The second-order valence-corrected chi connectivity index (χ2v) is 3.98. The van der Waals surface area contributed by atoms with Crippen LogP contribution in [0.15, 0.2) is 12.3 Å². The van der Waals surface area contributed by atoms with Crippen molar-refractivity contribution in [2.45, 2.75) is 27.2 Å². The highest BCUT2D eigenvalue weighted by Gasteiger charge is 2.18. The molecule has 0 aliphatic heterocycles. The fourth-order valence-corrected chi connectivity index (χ4v) is 1.33. The van der Waals surface area contributed by atoms with Crippen LogP contribution in [0.25, 0.3) is 0 Å². The lowest BCUT2D eigenvalue weighted by atomic mass is 10.1. The highest BCUT2D eigenvalue weighted by atomic mass is 16.6. The highest BCUT2D eigenvalue weighted by Crippen LogP contribution is 2.25. The molecule has 0 spiro atoms. The Balaban J connectivity index is 2.87. The van der Waals surface area contributed by atoms with Crippen molar-refractivity contribution >= 4 is 11.5 Å². The fraction of sp³-hybridized carbons (Fsp3) is 0.545. The van der Waals surface area contributed by atoms with Crippen molar-refractivity contribution < 1.29 is 4.92 Å². The number of hydrogen-bond acceptors (Lipinski definition) is 4. The van der Waals surface area contributed by atoms with Crippen molar-refractivity contribution in [3.8, 4) is 0 Å². The van der Waals surface area contributed by atoms with Crippen LogP contribution in [0.4, 0.5) is 11.5 Å². The molecule has 0 saturated carbocycles. The second-order valence-electron chi connectivity index (χ2n) is 3.98. The van der Waals surface area contributed by atoms with Crippen molar-refractivity contribution in [2.75, 3.05) is 11.9 Å². The zero-order valence-corrected chi connectivity index (χ0v) is 9.86. The molecule has 0 fully saturated rings. The van der Waals surface area contributed by atoms with E-state index in [4.69, 9.17) is 0 Å². The number of hydrogen-bond donors (Lipinski definition) is 1. The van der Waals surface area contributed by atoms with Gasteiger partial charge in [0.1, 0.15) is 0 Å². The topological polar surface area (TPSA) is 68.1 Å². The van der Waals surface area contributed by atoms with Gasteiger partial charge in [0.05, 0.1) is 4.92 Å². The van der Waals surface area contributed by atoms with Gasteiger partial charge in [-0.25, -0.2) is 4.98 Å². The summed E-state index contributed by atoms with van der Waals surface area (Å²) < 4.78 is 0. The number of nitrogens with one attached hydrogen (secondary N) is 1. The number of pyridine rings is 1. The Labute approximate surface area is 95.0 Å². The molecule has 5 nitrogen and oxygen atoms in total. The predicted molar refractivity (Wildman–Crippen MR) is 63.6 cm³/mol. The lowest BCUT2D eigenvalue weighted by molar-refractivity contribution is -0.384. The Morgan fingerprint density at radius 1 is 1.62 bits per heavy atom. The molecule has 16 heavy (non-hydrogen) atoms. The number of aromatic nitrogens is 1. The van der Waals surface area contributed by atoms with Gasteiger partial charge in [0.25, 0.3) is 0 Å². The van der Waals surface area contributed by atoms with Crippen LogP contribution in [0.1, 0.15) is 25.8 Å². The van der Waals surface area contributed by atoms with Crippen molar-refractivity contribution in [3.63, 3.8) is 0 Å². The van der Waals surface area contributed by atoms with E-state index in [1.165, 1.54) is 0 Å². The fourth-order valence-electron chi connectivity index (χ4n) is 1.33. The summed E-state index contributed by atoms with van der Waals surface area (Å²) in [6.45, 7) is 6.60. The summed E-state index contributed by atoms with van der Waals surface area (Å²) in [6.07, 6.45) is 2.62. The van der Waals surface area contributed by atoms with Crippen LogP contribution in [0.2, 0.25) is 0 Å². The Morgan fingerprint density at radius 2 is 2.31 bits per heavy atom. The third kappa shape index (κ3) is 2.92. The van der Waals surface area contributed by atoms with E-state index in [-0.39, 0.29) is 10.6 Å². The first kappa shape index (κ1) is 12.4. The quantitative estimate of drug-likeness (QED) is 0.615. The molecule has 1 aromatic heterocycles. The van der Waals surface area contributed by atoms with Gasteiger partial charge in [-0.3, -0.25) is 10.1 Å². The van der Waals surface area contributed by atoms with Gasteiger partial charge < -0.3 is 5.32 Å². The van der Waals surface area contributed by atoms with Crippen LogP contribution in [-0.4, -0.2) is 16.5 Å². The molecule has 0 bridgehead atoms. The van der Waals surface area contributed by atoms with Crippen LogP contribution in [-0.2, 0) is 0 Å². The molecule has 1 N–H and O–H groups in total. The smallest absolute Gasteiger partial charge is 0.314 e. The molecule has 1 rings (SSSR count). The first-order valence-corrected chi connectivity index (χ1v) is 5.40. The van der Waals surface area contributed by atoms with E-state index in [0.29, 0.717) is 23.8 Å². The van der Waals surface area contributed by atoms with Crippen molar-refractivity contribution in [1.29, 1.82) is 0 Å². The van der Waals surface area contributed by atoms with Gasteiger partial charge in [-0.2, -0.15) is 0 Å². The monoisotopic (exact) mass is 223 g/mol. The summed E-state index contributed by atoms with van der Waals surface area (Å²) in [7, 11) is 0. The summed E-state index contributed by atoms with van der Waals surface area (Å²) in [6, 6.07) is 1.65. The molecule has 0 aliphatic carbocycles. The van der Waals surface area contributed by atoms with Crippen LogP contribution < -0.4 is 5.32 Å². The van der Waals surface area contributed by atoms with Gasteiger partial charge in [0, 0.05) is 18.3 Å². The van der Waals surface area contributed by atoms with Gasteiger partial charge in [-0.15, -0.1) is 0 Å². The SMILES string of the molecule is CCC(C)CNc1nccc(C)c1[N+](=O)[O-]. The van der Waals surface area contributed by atoms with E-state index in [2.05, 4.69) is 24.1 Å². The van der Waals surface area contributed by atoms with Gasteiger partial charge in [0.2, 0.25) is 5.82 Å². The Hall–Kier alpha value is -1.65. The van der Waals surface area contributed by atoms with Crippen molar-refractivity contribution in [2.24, 2.45) is 5.92 Å². The summed E-state index contributed by atoms with van der Waals surface area (Å²) in [5.74, 6) is 0.840. The van der Waals surface area contributed by atoms with Crippen molar-refractivity contribution in [1.82, 2.24) is 4.98 Å². The molecule has 0 saturated heterocycles. The second kappa shape index (κ2) is 5.44. The van der Waals surface area contributed by atoms with E-state index >= 15 is 0 Å². The van der Waals surface area contributed by atoms with Crippen LogP contribution in [0.3, 0.4) is 0 Å². The summed E-state index contributed by atoms with van der Waals surface area (Å²) >= 11 is 0. The summed E-state index contributed by atoms with van der Waals surface area (Å²) in [5, 5.41) is 13.9. The normalized spacial score (nSPS) is 12.2. The number of anilines is 1. The van der Waals surface area contributed by atoms with Crippen LogP contribution >= 0.6 is 0 Å². The zero-order chi connectivity index (χ0) is 12.1. The molecule has 1 heterocycles. The van der Waals surface area contributed by atoms with E-state index in [1.54, 1.807) is 19.2 Å². The first-order valence-electron chi connectivity index (χ1n) is 5.40. The number of rotatable bonds is 5. The minimum Gasteiger partial charge on any atom is -0.364 e. The van der Waals surface area contributed by atoms with Gasteiger partial charge >= 0.3 is 5.69 Å². The lowest BCUT2D eigenvalue weighted by Crippen LogP contribution is -2.13. The molecule has 0 amide bonds. The molecule has 0 radical (unpaired) electrons. The predicted octanol–water partition coefficient (Wildman–Crippen LogP) is 2.76. The minimum absolute atomic E-state index is 0.0748. The molecule has 88 valence electrons. The van der Waals surface area contributed by atoms with E-state index in [9.17, 15) is 10.1 Å². The van der Waals surface area contributed by atoms with E-state index < -0.39 is 0 Å². The molecular formula is C11H17N3O2. The third-order valence-electron chi connectivity index (χ3n) is 2.62. The molecule has 0 aromatic carbocycles. The average Bonchev–Trinajstić information content (AvgIpc) is 2.25. The maximum atomic E-state index is 10.9. The van der Waals surface area contributed by atoms with Gasteiger partial charge in [0.15, 0.2) is 0 Å². The Morgan fingerprint density at radius 3 is 2.88 bits per heavy atom. The third-order valence-corrected chi connectivity index (χ3v) is 2.62. The Bertz CT molecular complexity index is 379. The van der Waals surface area contributed by atoms with Gasteiger partial charge in [-0.05, 0) is 18.9 Å². The molecule has 5 heteroatoms. The van der Waals surface area contributed by atoms with Crippen LogP contribution in [0.5, 0.6) is 0 Å². The molecule has 1 aromatic rings. The molecular weight excluding hydrogens is 206 g/mol. The van der Waals surface area contributed by atoms with Gasteiger partial charge in [-0.1, -0.05) is 20.3 Å². The van der Waals surface area contributed by atoms with E-state index in [0.717, 1.165) is 6.42 Å². The van der Waals surface area contributed by atoms with E-state index in [1.807, 2.05) is 0 Å². The number of nitrogens with zero attached hydrogens (tertiary/aromatic N) is 2. The maximum Gasteiger partial charge on any atom is 0.314 e. The van der Waals surface area contributed by atoms with Crippen molar-refractivity contribution in [3.05, 3.63) is 27.9 Å². The zero-order valence-electron chi connectivity index (χ0n) is 9.86.